The van der Waals surface area contributed by atoms with Crippen LogP contribution in [-0.2, 0) is 34.3 Å². The largest absolute Gasteiger partial charge is 0.491 e. The SMILES string of the molecule is Cc1nn(C)c(C)c1CCNC(=O)[C@@H]1CC(=O)N[C@@H](C)C(=O)N(C)[C@@H](Cc2ccccc2)COc2ccccc2C(=O)N1. The lowest BCUT2D eigenvalue weighted by Crippen LogP contribution is -2.54. The van der Waals surface area contributed by atoms with E-state index in [4.69, 9.17) is 4.74 Å². The van der Waals surface area contributed by atoms with Crippen molar-refractivity contribution in [3.05, 3.63) is 82.7 Å². The number of para-hydroxylation sites is 1. The third-order valence-electron chi connectivity index (χ3n) is 7.86. The van der Waals surface area contributed by atoms with Gasteiger partial charge in [0.15, 0.2) is 0 Å². The van der Waals surface area contributed by atoms with Crippen LogP contribution in [0.25, 0.3) is 0 Å². The van der Waals surface area contributed by atoms with Crippen LogP contribution < -0.4 is 20.7 Å². The normalized spacial score (nSPS) is 19.9. The number of amides is 4. The monoisotopic (exact) mass is 588 g/mol. The van der Waals surface area contributed by atoms with Crippen LogP contribution in [0, 0.1) is 13.8 Å². The first-order valence-electron chi connectivity index (χ1n) is 14.4. The second kappa shape index (κ2) is 14.0. The number of hydrogen-bond acceptors (Lipinski definition) is 6. The lowest BCUT2D eigenvalue weighted by molar-refractivity contribution is -0.137. The molecule has 0 aliphatic carbocycles. The first-order chi connectivity index (χ1) is 20.5. The van der Waals surface area contributed by atoms with Gasteiger partial charge in [-0.15, -0.1) is 0 Å². The van der Waals surface area contributed by atoms with Crippen molar-refractivity contribution >= 4 is 23.6 Å². The molecule has 3 atom stereocenters. The van der Waals surface area contributed by atoms with Crippen LogP contribution in [0.3, 0.4) is 0 Å². The van der Waals surface area contributed by atoms with Crippen LogP contribution >= 0.6 is 0 Å². The number of fused-ring (bicyclic) bond motifs is 1. The van der Waals surface area contributed by atoms with Crippen LogP contribution in [0.2, 0.25) is 0 Å². The minimum Gasteiger partial charge on any atom is -0.491 e. The van der Waals surface area contributed by atoms with E-state index in [9.17, 15) is 19.2 Å². The van der Waals surface area contributed by atoms with Crippen molar-refractivity contribution in [2.75, 3.05) is 20.2 Å². The first kappa shape index (κ1) is 31.3. The number of benzene rings is 2. The van der Waals surface area contributed by atoms with E-state index in [-0.39, 0.29) is 30.5 Å². The quantitative estimate of drug-likeness (QED) is 0.403. The van der Waals surface area contributed by atoms with Gasteiger partial charge in [0.05, 0.1) is 23.7 Å². The molecule has 4 amide bonds. The fourth-order valence-corrected chi connectivity index (χ4v) is 5.25. The molecule has 228 valence electrons. The Morgan fingerprint density at radius 2 is 1.72 bits per heavy atom. The molecule has 0 saturated heterocycles. The minimum absolute atomic E-state index is 0.110. The van der Waals surface area contributed by atoms with Crippen molar-refractivity contribution in [2.45, 2.75) is 58.2 Å². The lowest BCUT2D eigenvalue weighted by Gasteiger charge is -2.31. The molecular weight excluding hydrogens is 548 g/mol. The van der Waals surface area contributed by atoms with E-state index >= 15 is 0 Å². The topological polar surface area (TPSA) is 135 Å². The highest BCUT2D eigenvalue weighted by Gasteiger charge is 2.30. The Morgan fingerprint density at radius 3 is 2.42 bits per heavy atom. The average Bonchev–Trinajstić information content (AvgIpc) is 3.23. The highest BCUT2D eigenvalue weighted by molar-refractivity contribution is 6.01. The molecule has 3 aromatic rings. The summed E-state index contributed by atoms with van der Waals surface area (Å²) in [6.07, 6.45) is 0.710. The summed E-state index contributed by atoms with van der Waals surface area (Å²) in [4.78, 5) is 54.8. The molecule has 2 aromatic carbocycles. The smallest absolute Gasteiger partial charge is 0.255 e. The Balaban J connectivity index is 1.56. The maximum absolute atomic E-state index is 13.5. The van der Waals surface area contributed by atoms with Crippen molar-refractivity contribution < 1.29 is 23.9 Å². The summed E-state index contributed by atoms with van der Waals surface area (Å²) in [5, 5.41) is 12.7. The maximum Gasteiger partial charge on any atom is 0.255 e. The van der Waals surface area contributed by atoms with Gasteiger partial charge in [-0.1, -0.05) is 42.5 Å². The predicted molar refractivity (Wildman–Crippen MR) is 162 cm³/mol. The molecule has 0 unspecified atom stereocenters. The third kappa shape index (κ3) is 7.79. The van der Waals surface area contributed by atoms with Crippen molar-refractivity contribution in [3.63, 3.8) is 0 Å². The molecule has 0 saturated carbocycles. The first-order valence-corrected chi connectivity index (χ1v) is 14.4. The van der Waals surface area contributed by atoms with Gasteiger partial charge in [0, 0.05) is 26.3 Å². The standard InChI is InChI=1S/C32H40N6O5/c1-20-25(22(3)38(5)36-20)15-16-33-31(41)27-18-29(39)34-21(2)32(42)37(4)24(17-23-11-7-6-8-12-23)19-43-28-14-10-9-13-26(28)30(40)35-27/h6-14,21,24,27H,15-19H2,1-5H3,(H,33,41)(H,34,39)(H,35,40)/t21-,24-,27-/m0/s1. The highest BCUT2D eigenvalue weighted by atomic mass is 16.5. The second-order valence-corrected chi connectivity index (χ2v) is 10.9. The van der Waals surface area contributed by atoms with E-state index in [1.54, 1.807) is 47.8 Å². The summed E-state index contributed by atoms with van der Waals surface area (Å²) in [7, 11) is 3.54. The summed E-state index contributed by atoms with van der Waals surface area (Å²) < 4.78 is 7.94. The Labute approximate surface area is 252 Å². The van der Waals surface area contributed by atoms with Gasteiger partial charge in [-0.25, -0.2) is 0 Å². The zero-order chi connectivity index (χ0) is 31.1. The summed E-state index contributed by atoms with van der Waals surface area (Å²) in [5.41, 5.74) is 4.15. The predicted octanol–water partition coefficient (Wildman–Crippen LogP) is 1.85. The van der Waals surface area contributed by atoms with Gasteiger partial charge >= 0.3 is 0 Å². The number of likely N-dealkylation sites (N-methyl/N-ethyl adjacent to an activating group) is 1. The van der Waals surface area contributed by atoms with Gasteiger partial charge in [-0.2, -0.15) is 5.10 Å². The molecule has 0 bridgehead atoms. The van der Waals surface area contributed by atoms with Crippen LogP contribution in [0.4, 0.5) is 0 Å². The highest BCUT2D eigenvalue weighted by Crippen LogP contribution is 2.21. The molecule has 3 N–H and O–H groups in total. The molecule has 0 spiro atoms. The number of aryl methyl sites for hydroxylation is 2. The maximum atomic E-state index is 13.5. The molecule has 43 heavy (non-hydrogen) atoms. The van der Waals surface area contributed by atoms with Crippen LogP contribution in [-0.4, -0.2) is 76.6 Å². The molecule has 11 nitrogen and oxygen atoms in total. The van der Waals surface area contributed by atoms with Crippen molar-refractivity contribution in [1.82, 2.24) is 30.6 Å². The lowest BCUT2D eigenvalue weighted by atomic mass is 10.0. The van der Waals surface area contributed by atoms with Crippen molar-refractivity contribution in [3.8, 4) is 5.75 Å². The van der Waals surface area contributed by atoms with Crippen LogP contribution in [0.1, 0.15) is 46.2 Å². The van der Waals surface area contributed by atoms with Gasteiger partial charge < -0.3 is 25.6 Å². The number of aromatic nitrogens is 2. The summed E-state index contributed by atoms with van der Waals surface area (Å²) in [5.74, 6) is -1.57. The van der Waals surface area contributed by atoms with Crippen molar-refractivity contribution in [2.24, 2.45) is 7.05 Å². The van der Waals surface area contributed by atoms with Crippen molar-refractivity contribution in [1.29, 1.82) is 0 Å². The molecular formula is C32H40N6O5. The van der Waals surface area contributed by atoms with E-state index in [2.05, 4.69) is 21.0 Å². The number of hydrogen-bond donors (Lipinski definition) is 3. The summed E-state index contributed by atoms with van der Waals surface area (Å²) in [6, 6.07) is 14.0. The number of carbonyl (C=O) groups is 4. The Kier molecular flexibility index (Phi) is 10.2. The number of nitrogens with zero attached hydrogens (tertiary/aromatic N) is 3. The molecule has 0 fully saturated rings. The van der Waals surface area contributed by atoms with Gasteiger partial charge in [-0.05, 0) is 56.9 Å². The second-order valence-electron chi connectivity index (χ2n) is 10.9. The van der Waals surface area contributed by atoms with E-state index in [0.29, 0.717) is 25.1 Å². The zero-order valence-electron chi connectivity index (χ0n) is 25.3. The molecule has 0 radical (unpaired) electrons. The number of ether oxygens (including phenoxy) is 1. The molecule has 1 aromatic heterocycles. The van der Waals surface area contributed by atoms with Gasteiger partial charge in [0.2, 0.25) is 17.7 Å². The van der Waals surface area contributed by atoms with E-state index in [1.165, 1.54) is 0 Å². The fraction of sp³-hybridized carbons (Fsp3) is 0.406. The minimum atomic E-state index is -1.18. The van der Waals surface area contributed by atoms with Gasteiger partial charge in [0.25, 0.3) is 5.91 Å². The van der Waals surface area contributed by atoms with Gasteiger partial charge in [0.1, 0.15) is 24.4 Å². The molecule has 1 aliphatic heterocycles. The Hall–Kier alpha value is -4.67. The molecule has 1 aliphatic rings. The summed E-state index contributed by atoms with van der Waals surface area (Å²) >= 11 is 0. The fourth-order valence-electron chi connectivity index (χ4n) is 5.25. The average molecular weight is 589 g/mol. The molecule has 11 heteroatoms. The van der Waals surface area contributed by atoms with Gasteiger partial charge in [-0.3, -0.25) is 23.9 Å². The van der Waals surface area contributed by atoms with Crippen LogP contribution in [0.15, 0.2) is 54.6 Å². The van der Waals surface area contributed by atoms with E-state index in [1.807, 2.05) is 51.2 Å². The number of nitrogens with one attached hydrogen (secondary N) is 3. The Morgan fingerprint density at radius 1 is 1.02 bits per heavy atom. The Bertz CT molecular complexity index is 1470. The number of carbonyl (C=O) groups excluding carboxylic acids is 4. The number of rotatable bonds is 6. The zero-order valence-corrected chi connectivity index (χ0v) is 25.3. The third-order valence-corrected chi connectivity index (χ3v) is 7.86. The molecule has 2 heterocycles. The van der Waals surface area contributed by atoms with Crippen LogP contribution in [0.5, 0.6) is 5.75 Å². The van der Waals surface area contributed by atoms with E-state index in [0.717, 1.165) is 22.5 Å². The molecule has 4 rings (SSSR count). The van der Waals surface area contributed by atoms with E-state index < -0.39 is 29.8 Å². The summed E-state index contributed by atoms with van der Waals surface area (Å²) in [6.45, 7) is 5.88.